The van der Waals surface area contributed by atoms with E-state index >= 15 is 0 Å². The summed E-state index contributed by atoms with van der Waals surface area (Å²) in [4.78, 5) is 22.7. The van der Waals surface area contributed by atoms with Crippen LogP contribution in [0.4, 0.5) is 0 Å². The van der Waals surface area contributed by atoms with Crippen molar-refractivity contribution < 1.29 is 14.7 Å². The molecule has 0 saturated carbocycles. The second-order valence-corrected chi connectivity index (χ2v) is 6.65. The number of allylic oxidation sites excluding steroid dienone is 1. The third-order valence-corrected chi connectivity index (χ3v) is 5.44. The van der Waals surface area contributed by atoms with Crippen LogP contribution in [0.2, 0.25) is 0 Å². The van der Waals surface area contributed by atoms with Gasteiger partial charge in [-0.3, -0.25) is 4.79 Å². The minimum absolute atomic E-state index is 0.161. The van der Waals surface area contributed by atoms with Gasteiger partial charge in [-0.1, -0.05) is 6.08 Å². The van der Waals surface area contributed by atoms with Crippen LogP contribution in [0.1, 0.15) is 19.3 Å². The van der Waals surface area contributed by atoms with Crippen molar-refractivity contribution in [2.24, 2.45) is 0 Å². The van der Waals surface area contributed by atoms with E-state index in [0.29, 0.717) is 24.5 Å². The van der Waals surface area contributed by atoms with Gasteiger partial charge in [-0.15, -0.1) is 6.58 Å². The molecule has 0 aromatic carbocycles. The maximum atomic E-state index is 11.8. The van der Waals surface area contributed by atoms with Crippen LogP contribution in [0, 0.1) is 0 Å². The molecule has 0 aromatic heterocycles. The molecule has 2 unspecified atom stereocenters. The lowest BCUT2D eigenvalue weighted by Crippen LogP contribution is -2.41. The van der Waals surface area contributed by atoms with E-state index in [4.69, 9.17) is 5.11 Å². The first-order chi connectivity index (χ1) is 8.63. The van der Waals surface area contributed by atoms with Crippen molar-refractivity contribution in [2.45, 2.75) is 30.6 Å². The summed E-state index contributed by atoms with van der Waals surface area (Å²) in [5, 5.41) is 11.9. The summed E-state index contributed by atoms with van der Waals surface area (Å²) in [5.41, 5.74) is 0. The van der Waals surface area contributed by atoms with E-state index in [1.807, 2.05) is 11.8 Å². The third kappa shape index (κ3) is 5.82. The number of hydrogen-bond donors (Lipinski definition) is 2. The van der Waals surface area contributed by atoms with E-state index < -0.39 is 12.0 Å². The number of carbonyl (C=O) groups excluding carboxylic acids is 1. The topological polar surface area (TPSA) is 66.4 Å². The Morgan fingerprint density at radius 2 is 2.28 bits per heavy atom. The predicted octanol–water partition coefficient (Wildman–Crippen LogP) is 1.76. The van der Waals surface area contributed by atoms with Crippen LogP contribution in [0.3, 0.4) is 0 Å². The number of amides is 1. The van der Waals surface area contributed by atoms with Crippen LogP contribution < -0.4 is 5.32 Å². The summed E-state index contributed by atoms with van der Waals surface area (Å²) in [6, 6.07) is -0.795. The van der Waals surface area contributed by atoms with Crippen LogP contribution in [-0.2, 0) is 9.59 Å². The van der Waals surface area contributed by atoms with Crippen molar-refractivity contribution in [3.63, 3.8) is 0 Å². The van der Waals surface area contributed by atoms with Gasteiger partial charge in [-0.05, 0) is 12.8 Å². The third-order valence-electron chi connectivity index (χ3n) is 2.59. The first-order valence-corrected chi connectivity index (χ1v) is 8.16. The molecule has 4 nitrogen and oxygen atoms in total. The van der Waals surface area contributed by atoms with Gasteiger partial charge in [0.25, 0.3) is 0 Å². The summed E-state index contributed by atoms with van der Waals surface area (Å²) in [6.45, 7) is 3.55. The summed E-state index contributed by atoms with van der Waals surface area (Å²) in [7, 11) is 0. The second kappa shape index (κ2) is 8.48. The molecule has 0 aliphatic carbocycles. The Labute approximate surface area is 116 Å². The molecule has 1 saturated heterocycles. The van der Waals surface area contributed by atoms with Crippen molar-refractivity contribution in [1.29, 1.82) is 0 Å². The second-order valence-electron chi connectivity index (χ2n) is 4.10. The molecule has 1 aliphatic rings. The summed E-state index contributed by atoms with van der Waals surface area (Å²) in [5.74, 6) is 2.05. The van der Waals surface area contributed by atoms with E-state index in [-0.39, 0.29) is 5.91 Å². The number of carboxylic acids is 1. The molecule has 1 heterocycles. The number of aliphatic carboxylic acids is 1. The van der Waals surface area contributed by atoms with Gasteiger partial charge in [-0.2, -0.15) is 23.5 Å². The van der Waals surface area contributed by atoms with E-state index in [2.05, 4.69) is 11.9 Å². The first-order valence-electron chi connectivity index (χ1n) is 5.96. The van der Waals surface area contributed by atoms with Crippen molar-refractivity contribution >= 4 is 35.4 Å². The fourth-order valence-electron chi connectivity index (χ4n) is 1.66. The quantitative estimate of drug-likeness (QED) is 0.699. The molecule has 18 heavy (non-hydrogen) atoms. The Kier molecular flexibility index (Phi) is 7.27. The Morgan fingerprint density at radius 1 is 1.50 bits per heavy atom. The normalized spacial score (nSPS) is 21.0. The zero-order valence-electron chi connectivity index (χ0n) is 10.3. The molecular weight excluding hydrogens is 270 g/mol. The SMILES string of the molecule is C=CCCC(NC(=O)CC1CSCCS1)C(=O)O. The van der Waals surface area contributed by atoms with Gasteiger partial charge in [0, 0.05) is 28.9 Å². The number of thioether (sulfide) groups is 2. The highest BCUT2D eigenvalue weighted by molar-refractivity contribution is 8.06. The van der Waals surface area contributed by atoms with Crippen molar-refractivity contribution in [3.8, 4) is 0 Å². The molecule has 1 aliphatic heterocycles. The number of carbonyl (C=O) groups is 2. The van der Waals surface area contributed by atoms with Gasteiger partial charge in [0.1, 0.15) is 6.04 Å². The van der Waals surface area contributed by atoms with Gasteiger partial charge in [-0.25, -0.2) is 4.79 Å². The Morgan fingerprint density at radius 3 is 2.83 bits per heavy atom. The van der Waals surface area contributed by atoms with Crippen molar-refractivity contribution in [3.05, 3.63) is 12.7 Å². The maximum absolute atomic E-state index is 11.8. The van der Waals surface area contributed by atoms with Crippen LogP contribution in [-0.4, -0.2) is 45.5 Å². The zero-order chi connectivity index (χ0) is 13.4. The number of carboxylic acid groups (broad SMARTS) is 1. The van der Waals surface area contributed by atoms with Gasteiger partial charge < -0.3 is 10.4 Å². The highest BCUT2D eigenvalue weighted by Crippen LogP contribution is 2.26. The van der Waals surface area contributed by atoms with Gasteiger partial charge in [0.2, 0.25) is 5.91 Å². The molecule has 1 rings (SSSR count). The molecule has 0 aromatic rings. The molecule has 6 heteroatoms. The minimum Gasteiger partial charge on any atom is -0.480 e. The number of nitrogens with one attached hydrogen (secondary N) is 1. The maximum Gasteiger partial charge on any atom is 0.326 e. The molecule has 0 spiro atoms. The Bertz CT molecular complexity index is 304. The van der Waals surface area contributed by atoms with Crippen LogP contribution in [0.25, 0.3) is 0 Å². The van der Waals surface area contributed by atoms with Crippen molar-refractivity contribution in [1.82, 2.24) is 5.32 Å². The van der Waals surface area contributed by atoms with E-state index in [0.717, 1.165) is 17.3 Å². The summed E-state index contributed by atoms with van der Waals surface area (Å²) >= 11 is 3.65. The highest BCUT2D eigenvalue weighted by Gasteiger charge is 2.22. The Balaban J connectivity index is 2.35. The largest absolute Gasteiger partial charge is 0.480 e. The smallest absolute Gasteiger partial charge is 0.326 e. The number of hydrogen-bond acceptors (Lipinski definition) is 4. The average Bonchev–Trinajstić information content (AvgIpc) is 2.35. The van der Waals surface area contributed by atoms with E-state index in [9.17, 15) is 9.59 Å². The van der Waals surface area contributed by atoms with Crippen LogP contribution in [0.15, 0.2) is 12.7 Å². The van der Waals surface area contributed by atoms with E-state index in [1.54, 1.807) is 17.8 Å². The lowest BCUT2D eigenvalue weighted by molar-refractivity contribution is -0.142. The molecule has 0 bridgehead atoms. The zero-order valence-corrected chi connectivity index (χ0v) is 11.9. The Hall–Kier alpha value is -0.620. The van der Waals surface area contributed by atoms with Gasteiger partial charge in [0.05, 0.1) is 0 Å². The molecule has 2 atom stereocenters. The first kappa shape index (κ1) is 15.4. The molecule has 1 fully saturated rings. The fraction of sp³-hybridized carbons (Fsp3) is 0.667. The minimum atomic E-state index is -0.976. The van der Waals surface area contributed by atoms with Gasteiger partial charge in [0.15, 0.2) is 0 Å². The van der Waals surface area contributed by atoms with E-state index in [1.165, 1.54) is 0 Å². The average molecular weight is 289 g/mol. The standard InChI is InChI=1S/C12H19NO3S2/c1-2-3-4-10(12(15)16)13-11(14)7-9-8-17-5-6-18-9/h2,9-10H,1,3-8H2,(H,13,14)(H,15,16). The van der Waals surface area contributed by atoms with Crippen LogP contribution in [0.5, 0.6) is 0 Å². The summed E-state index contributed by atoms with van der Waals surface area (Å²) < 4.78 is 0. The fourth-order valence-corrected chi connectivity index (χ4v) is 4.34. The van der Waals surface area contributed by atoms with Gasteiger partial charge >= 0.3 is 5.97 Å². The summed E-state index contributed by atoms with van der Waals surface area (Å²) in [6.07, 6.45) is 3.06. The molecule has 2 N–H and O–H groups in total. The lowest BCUT2D eigenvalue weighted by atomic mass is 10.1. The molecular formula is C12H19NO3S2. The monoisotopic (exact) mass is 289 g/mol. The highest BCUT2D eigenvalue weighted by atomic mass is 32.2. The predicted molar refractivity (Wildman–Crippen MR) is 77.2 cm³/mol. The molecule has 102 valence electrons. The van der Waals surface area contributed by atoms with Crippen molar-refractivity contribution in [2.75, 3.05) is 17.3 Å². The lowest BCUT2D eigenvalue weighted by Gasteiger charge is -2.21. The van der Waals surface area contributed by atoms with Crippen LogP contribution >= 0.6 is 23.5 Å². The molecule has 0 radical (unpaired) electrons. The number of rotatable bonds is 7. The molecule has 1 amide bonds.